The van der Waals surface area contributed by atoms with Crippen LogP contribution in [-0.4, -0.2) is 37.1 Å². The fourth-order valence-corrected chi connectivity index (χ4v) is 6.17. The van der Waals surface area contributed by atoms with Crippen molar-refractivity contribution in [1.82, 2.24) is 0 Å². The van der Waals surface area contributed by atoms with Crippen molar-refractivity contribution in [2.45, 2.75) is 65.3 Å². The van der Waals surface area contributed by atoms with Gasteiger partial charge in [0.2, 0.25) is 0 Å². The smallest absolute Gasteiger partial charge is 0.306 e. The monoisotopic (exact) mass is 892 g/mol. The Bertz CT molecular complexity index is 2160. The highest BCUT2D eigenvalue weighted by molar-refractivity contribution is 5.78. The molecule has 66 heavy (non-hydrogen) atoms. The number of esters is 4. The van der Waals surface area contributed by atoms with Crippen LogP contribution in [0.1, 0.15) is 59.1 Å². The summed E-state index contributed by atoms with van der Waals surface area (Å²) >= 11 is 0. The molecule has 0 aliphatic heterocycles. The number of hydrogen-bond acceptors (Lipinski definition) is 12. The summed E-state index contributed by atoms with van der Waals surface area (Å²) in [5, 5.41) is 0. The number of carbonyl (C=O) groups excluding carboxylic acids is 4. The lowest BCUT2D eigenvalue weighted by atomic mass is 10.2. The summed E-state index contributed by atoms with van der Waals surface area (Å²) in [7, 11) is 0. The van der Waals surface area contributed by atoms with Gasteiger partial charge in [0.15, 0.2) is 0 Å². The van der Waals surface area contributed by atoms with Gasteiger partial charge in [-0.2, -0.15) is 0 Å². The Hall–Kier alpha value is -7.86. The second kappa shape index (κ2) is 26.7. The number of rotatable bonds is 26. The van der Waals surface area contributed by atoms with Crippen LogP contribution in [0.15, 0.2) is 170 Å². The van der Waals surface area contributed by atoms with Crippen LogP contribution in [0.5, 0.6) is 23.0 Å². The van der Waals surface area contributed by atoms with Crippen molar-refractivity contribution in [2.24, 2.45) is 0 Å². The van der Waals surface area contributed by atoms with Gasteiger partial charge in [-0.15, -0.1) is 0 Å². The third-order valence-electron chi connectivity index (χ3n) is 9.59. The van der Waals surface area contributed by atoms with Crippen LogP contribution in [0.2, 0.25) is 0 Å². The molecule has 0 saturated heterocycles. The molecule has 0 unspecified atom stereocenters. The summed E-state index contributed by atoms with van der Waals surface area (Å²) in [6.07, 6.45) is 2.31. The van der Waals surface area contributed by atoms with Crippen LogP contribution in [0, 0.1) is 0 Å². The Kier molecular flexibility index (Phi) is 19.3. The molecule has 0 spiro atoms. The molecule has 0 radical (unpaired) electrons. The lowest BCUT2D eigenvalue weighted by Gasteiger charge is -2.13. The van der Waals surface area contributed by atoms with E-state index >= 15 is 0 Å². The first kappa shape index (κ1) is 47.6. The van der Waals surface area contributed by atoms with E-state index in [1.54, 1.807) is 36.4 Å². The highest BCUT2D eigenvalue weighted by atomic mass is 16.5. The van der Waals surface area contributed by atoms with Crippen molar-refractivity contribution in [3.8, 4) is 23.0 Å². The van der Waals surface area contributed by atoms with Crippen LogP contribution in [-0.2, 0) is 77.8 Å². The van der Waals surface area contributed by atoms with E-state index in [-0.39, 0.29) is 52.1 Å². The van der Waals surface area contributed by atoms with Gasteiger partial charge in [0.1, 0.15) is 75.9 Å². The van der Waals surface area contributed by atoms with Crippen LogP contribution in [0.4, 0.5) is 0 Å². The molecule has 0 bridgehead atoms. The van der Waals surface area contributed by atoms with Crippen molar-refractivity contribution >= 4 is 23.9 Å². The quantitative estimate of drug-likeness (QED) is 0.0291. The predicted molar refractivity (Wildman–Crippen MR) is 245 cm³/mol. The maximum absolute atomic E-state index is 12.5. The maximum atomic E-state index is 12.5. The van der Waals surface area contributed by atoms with E-state index in [0.29, 0.717) is 60.6 Å². The number of benzene rings is 6. The highest BCUT2D eigenvalue weighted by Crippen LogP contribution is 2.27. The van der Waals surface area contributed by atoms with Gasteiger partial charge in [0.25, 0.3) is 0 Å². The summed E-state index contributed by atoms with van der Waals surface area (Å²) in [5.41, 5.74) is 5.32. The summed E-state index contributed by atoms with van der Waals surface area (Å²) in [5.74, 6) is -0.104. The Morgan fingerprint density at radius 3 is 0.833 bits per heavy atom. The Morgan fingerprint density at radius 1 is 0.303 bits per heavy atom. The van der Waals surface area contributed by atoms with Gasteiger partial charge in [-0.25, -0.2) is 0 Å². The molecule has 6 aromatic rings. The standard InChI is InChI=1S/C54H52O12/c55-51(23-25-53(57)65-39-45-29-47(61-35-41-15-5-1-6-16-41)33-48(30-45)62-36-42-17-7-2-8-18-42)59-27-13-14-28-60-52(56)24-26-54(58)66-40-46-31-49(63-37-43-19-9-3-10-20-43)34-50(32-46)64-38-44-21-11-4-12-22-44/h1-22,29-34H,23-28,35-40H2/b14-13-. The molecule has 0 aliphatic carbocycles. The Labute approximate surface area is 384 Å². The lowest BCUT2D eigenvalue weighted by molar-refractivity contribution is -0.150. The van der Waals surface area contributed by atoms with Gasteiger partial charge in [-0.1, -0.05) is 121 Å². The second-order valence-corrected chi connectivity index (χ2v) is 14.9. The van der Waals surface area contributed by atoms with Gasteiger partial charge in [-0.3, -0.25) is 19.2 Å². The van der Waals surface area contributed by atoms with Crippen molar-refractivity contribution in [1.29, 1.82) is 0 Å². The molecular formula is C54H52O12. The van der Waals surface area contributed by atoms with E-state index in [0.717, 1.165) is 22.3 Å². The second-order valence-electron chi connectivity index (χ2n) is 14.9. The Morgan fingerprint density at radius 2 is 0.561 bits per heavy atom. The first-order valence-corrected chi connectivity index (χ1v) is 21.6. The van der Waals surface area contributed by atoms with E-state index in [2.05, 4.69) is 0 Å². The minimum Gasteiger partial charge on any atom is -0.489 e. The third-order valence-corrected chi connectivity index (χ3v) is 9.59. The first-order valence-electron chi connectivity index (χ1n) is 21.6. The molecule has 0 fully saturated rings. The van der Waals surface area contributed by atoms with E-state index < -0.39 is 23.9 Å². The molecule has 0 aromatic heterocycles. The number of ether oxygens (including phenoxy) is 8. The van der Waals surface area contributed by atoms with E-state index in [4.69, 9.17) is 37.9 Å². The topological polar surface area (TPSA) is 142 Å². The molecule has 0 heterocycles. The third kappa shape index (κ3) is 18.1. The van der Waals surface area contributed by atoms with Crippen molar-refractivity contribution in [3.05, 3.63) is 203 Å². The summed E-state index contributed by atoms with van der Waals surface area (Å²) < 4.78 is 45.3. The Balaban J connectivity index is 0.852. The minimum atomic E-state index is -0.595. The van der Waals surface area contributed by atoms with E-state index in [1.807, 2.05) is 121 Å². The van der Waals surface area contributed by atoms with Gasteiger partial charge in [-0.05, 0) is 69.8 Å². The van der Waals surface area contributed by atoms with Crippen LogP contribution < -0.4 is 18.9 Å². The summed E-state index contributed by atoms with van der Waals surface area (Å²) in [6, 6.07) is 49.7. The summed E-state index contributed by atoms with van der Waals surface area (Å²) in [4.78, 5) is 49.7. The lowest BCUT2D eigenvalue weighted by Crippen LogP contribution is -2.11. The van der Waals surface area contributed by atoms with Gasteiger partial charge in [0, 0.05) is 12.1 Å². The average molecular weight is 893 g/mol. The minimum absolute atomic E-state index is 0.0482. The zero-order valence-electron chi connectivity index (χ0n) is 36.6. The highest BCUT2D eigenvalue weighted by Gasteiger charge is 2.13. The van der Waals surface area contributed by atoms with Crippen molar-refractivity contribution in [2.75, 3.05) is 13.2 Å². The van der Waals surface area contributed by atoms with Gasteiger partial charge >= 0.3 is 23.9 Å². The van der Waals surface area contributed by atoms with E-state index in [1.165, 1.54) is 12.2 Å². The fourth-order valence-electron chi connectivity index (χ4n) is 6.17. The molecule has 12 nitrogen and oxygen atoms in total. The molecule has 6 aromatic carbocycles. The normalized spacial score (nSPS) is 10.7. The molecular weight excluding hydrogens is 841 g/mol. The van der Waals surface area contributed by atoms with Gasteiger partial charge < -0.3 is 37.9 Å². The van der Waals surface area contributed by atoms with Crippen molar-refractivity contribution < 1.29 is 57.1 Å². The first-order chi connectivity index (χ1) is 32.3. The SMILES string of the molecule is O=C(CCC(=O)OCc1cc(OCc2ccccc2)cc(OCc2ccccc2)c1)OC/C=C\COC(=O)CCC(=O)OCc1cc(OCc2ccccc2)cc(OCc2ccccc2)c1. The van der Waals surface area contributed by atoms with Crippen LogP contribution >= 0.6 is 0 Å². The molecule has 0 saturated carbocycles. The van der Waals surface area contributed by atoms with Crippen LogP contribution in [0.25, 0.3) is 0 Å². The fraction of sp³-hybridized carbons (Fsp3) is 0.222. The zero-order valence-corrected chi connectivity index (χ0v) is 36.6. The molecule has 0 N–H and O–H groups in total. The average Bonchev–Trinajstić information content (AvgIpc) is 3.36. The molecule has 6 rings (SSSR count). The summed E-state index contributed by atoms with van der Waals surface area (Å²) in [6.45, 7) is 1.13. The zero-order chi connectivity index (χ0) is 46.0. The predicted octanol–water partition coefficient (Wildman–Crippen LogP) is 9.99. The van der Waals surface area contributed by atoms with Gasteiger partial charge in [0.05, 0.1) is 25.7 Å². The number of carbonyl (C=O) groups is 4. The molecule has 0 atom stereocenters. The molecule has 0 amide bonds. The molecule has 12 heteroatoms. The van der Waals surface area contributed by atoms with Crippen LogP contribution in [0.3, 0.4) is 0 Å². The van der Waals surface area contributed by atoms with Crippen molar-refractivity contribution in [3.63, 3.8) is 0 Å². The molecule has 0 aliphatic rings. The largest absolute Gasteiger partial charge is 0.489 e. The number of hydrogen-bond donors (Lipinski definition) is 0. The molecule has 340 valence electrons. The van der Waals surface area contributed by atoms with E-state index in [9.17, 15) is 19.2 Å². The maximum Gasteiger partial charge on any atom is 0.306 e.